The summed E-state index contributed by atoms with van der Waals surface area (Å²) in [5.41, 5.74) is 1.42. The molecular formula is C15H25N3O3. The van der Waals surface area contributed by atoms with Gasteiger partial charge in [-0.05, 0) is 25.2 Å². The van der Waals surface area contributed by atoms with Crippen molar-refractivity contribution in [1.29, 1.82) is 0 Å². The predicted molar refractivity (Wildman–Crippen MR) is 80.2 cm³/mol. The van der Waals surface area contributed by atoms with Gasteiger partial charge in [0.1, 0.15) is 0 Å². The first-order chi connectivity index (χ1) is 9.97. The van der Waals surface area contributed by atoms with Crippen molar-refractivity contribution >= 4 is 11.9 Å². The molecule has 1 unspecified atom stereocenters. The molecule has 1 atom stereocenters. The van der Waals surface area contributed by atoms with Crippen LogP contribution in [0.1, 0.15) is 55.6 Å². The number of aromatic nitrogens is 2. The van der Waals surface area contributed by atoms with Gasteiger partial charge in [-0.15, -0.1) is 0 Å². The quantitative estimate of drug-likeness (QED) is 0.729. The normalized spacial score (nSPS) is 12.1. The number of aryl methyl sites for hydroxylation is 2. The Morgan fingerprint density at radius 3 is 2.67 bits per heavy atom. The van der Waals surface area contributed by atoms with E-state index in [9.17, 15) is 9.59 Å². The molecular weight excluding hydrogens is 270 g/mol. The van der Waals surface area contributed by atoms with Crippen LogP contribution in [-0.2, 0) is 18.3 Å². The Morgan fingerprint density at radius 1 is 1.38 bits per heavy atom. The van der Waals surface area contributed by atoms with Gasteiger partial charge < -0.3 is 10.4 Å². The summed E-state index contributed by atoms with van der Waals surface area (Å²) in [5, 5.41) is 15.8. The Balaban J connectivity index is 2.43. The molecule has 0 aliphatic rings. The number of hydrogen-bond donors (Lipinski definition) is 2. The fourth-order valence-corrected chi connectivity index (χ4v) is 2.35. The minimum absolute atomic E-state index is 0.104. The highest BCUT2D eigenvalue weighted by molar-refractivity contribution is 5.95. The van der Waals surface area contributed by atoms with Gasteiger partial charge >= 0.3 is 5.97 Å². The maximum atomic E-state index is 12.1. The average molecular weight is 295 g/mol. The lowest BCUT2D eigenvalue weighted by atomic mass is 9.96. The lowest BCUT2D eigenvalue weighted by molar-refractivity contribution is -0.137. The van der Waals surface area contributed by atoms with E-state index in [4.69, 9.17) is 5.11 Å². The number of carboxylic acid groups (broad SMARTS) is 1. The molecule has 1 heterocycles. The van der Waals surface area contributed by atoms with E-state index in [0.29, 0.717) is 24.4 Å². The molecule has 0 spiro atoms. The monoisotopic (exact) mass is 295 g/mol. The summed E-state index contributed by atoms with van der Waals surface area (Å²) in [6, 6.07) is 0. The molecule has 6 heteroatoms. The number of nitrogens with one attached hydrogen (secondary N) is 1. The van der Waals surface area contributed by atoms with E-state index in [1.165, 1.54) is 0 Å². The molecule has 21 heavy (non-hydrogen) atoms. The second kappa shape index (κ2) is 8.44. The average Bonchev–Trinajstić information content (AvgIpc) is 2.83. The van der Waals surface area contributed by atoms with Crippen LogP contribution >= 0.6 is 0 Å². The van der Waals surface area contributed by atoms with E-state index < -0.39 is 5.97 Å². The summed E-state index contributed by atoms with van der Waals surface area (Å²) in [6.07, 6.45) is 5.03. The Labute approximate surface area is 125 Å². The number of carbonyl (C=O) groups is 2. The molecule has 1 amide bonds. The lowest BCUT2D eigenvalue weighted by Crippen LogP contribution is -2.26. The zero-order valence-electron chi connectivity index (χ0n) is 13.1. The molecule has 0 bridgehead atoms. The molecule has 6 nitrogen and oxygen atoms in total. The summed E-state index contributed by atoms with van der Waals surface area (Å²) in [5.74, 6) is -0.533. The van der Waals surface area contributed by atoms with Gasteiger partial charge in [-0.2, -0.15) is 5.10 Å². The largest absolute Gasteiger partial charge is 0.481 e. The SMILES string of the molecule is CCc1nn(C)cc1C(=O)NCCC(CC)CCC(=O)O. The predicted octanol–water partition coefficient (Wildman–Crippen LogP) is 1.99. The maximum Gasteiger partial charge on any atom is 0.303 e. The fourth-order valence-electron chi connectivity index (χ4n) is 2.35. The summed E-state index contributed by atoms with van der Waals surface area (Å²) < 4.78 is 1.65. The number of carboxylic acids is 1. The van der Waals surface area contributed by atoms with Gasteiger partial charge in [-0.25, -0.2) is 0 Å². The van der Waals surface area contributed by atoms with Gasteiger partial charge in [0.2, 0.25) is 0 Å². The van der Waals surface area contributed by atoms with Crippen molar-refractivity contribution in [2.24, 2.45) is 13.0 Å². The molecule has 0 aliphatic carbocycles. The lowest BCUT2D eigenvalue weighted by Gasteiger charge is -2.13. The van der Waals surface area contributed by atoms with E-state index in [1.807, 2.05) is 13.8 Å². The number of rotatable bonds is 9. The van der Waals surface area contributed by atoms with Gasteiger partial charge in [0, 0.05) is 26.2 Å². The van der Waals surface area contributed by atoms with Crippen LogP contribution in [0.5, 0.6) is 0 Å². The van der Waals surface area contributed by atoms with Crippen molar-refractivity contribution < 1.29 is 14.7 Å². The second-order valence-electron chi connectivity index (χ2n) is 5.27. The third-order valence-electron chi connectivity index (χ3n) is 3.67. The van der Waals surface area contributed by atoms with Crippen molar-refractivity contribution in [2.75, 3.05) is 6.54 Å². The van der Waals surface area contributed by atoms with E-state index in [2.05, 4.69) is 10.4 Å². The molecule has 0 fully saturated rings. The van der Waals surface area contributed by atoms with E-state index in [0.717, 1.165) is 25.0 Å². The van der Waals surface area contributed by atoms with E-state index >= 15 is 0 Å². The Hall–Kier alpha value is -1.85. The van der Waals surface area contributed by atoms with E-state index in [1.54, 1.807) is 17.9 Å². The first-order valence-electron chi connectivity index (χ1n) is 7.50. The smallest absolute Gasteiger partial charge is 0.303 e. The third-order valence-corrected chi connectivity index (χ3v) is 3.67. The molecule has 1 rings (SSSR count). The zero-order chi connectivity index (χ0) is 15.8. The maximum absolute atomic E-state index is 12.1. The minimum Gasteiger partial charge on any atom is -0.481 e. The molecule has 0 aromatic carbocycles. The highest BCUT2D eigenvalue weighted by Gasteiger charge is 2.15. The van der Waals surface area contributed by atoms with Crippen molar-refractivity contribution in [3.05, 3.63) is 17.5 Å². The number of carbonyl (C=O) groups excluding carboxylic acids is 1. The third kappa shape index (κ3) is 5.57. The van der Waals surface area contributed by atoms with Gasteiger partial charge in [0.25, 0.3) is 5.91 Å². The Morgan fingerprint density at radius 2 is 2.10 bits per heavy atom. The first-order valence-corrected chi connectivity index (χ1v) is 7.50. The number of nitrogens with zero attached hydrogens (tertiary/aromatic N) is 2. The van der Waals surface area contributed by atoms with Crippen molar-refractivity contribution in [2.45, 2.75) is 46.0 Å². The fraction of sp³-hybridized carbons (Fsp3) is 0.667. The molecule has 0 aliphatic heterocycles. The van der Waals surface area contributed by atoms with Gasteiger partial charge in [-0.1, -0.05) is 20.3 Å². The van der Waals surface area contributed by atoms with Crippen LogP contribution in [0.4, 0.5) is 0 Å². The van der Waals surface area contributed by atoms with Crippen LogP contribution < -0.4 is 5.32 Å². The minimum atomic E-state index is -0.763. The van der Waals surface area contributed by atoms with Gasteiger partial charge in [0.05, 0.1) is 11.3 Å². The number of aliphatic carboxylic acids is 1. The summed E-state index contributed by atoms with van der Waals surface area (Å²) in [7, 11) is 1.80. The van der Waals surface area contributed by atoms with Crippen LogP contribution in [0.2, 0.25) is 0 Å². The molecule has 0 radical (unpaired) electrons. The highest BCUT2D eigenvalue weighted by atomic mass is 16.4. The Bertz CT molecular complexity index is 483. The van der Waals surface area contributed by atoms with E-state index in [-0.39, 0.29) is 12.3 Å². The van der Waals surface area contributed by atoms with Crippen molar-refractivity contribution in [3.63, 3.8) is 0 Å². The van der Waals surface area contributed by atoms with Crippen LogP contribution in [0.3, 0.4) is 0 Å². The molecule has 0 saturated carbocycles. The molecule has 2 N–H and O–H groups in total. The Kier molecular flexibility index (Phi) is 6.91. The molecule has 1 aromatic rings. The number of amides is 1. The summed E-state index contributed by atoms with van der Waals surface area (Å²) in [4.78, 5) is 22.7. The van der Waals surface area contributed by atoms with Crippen molar-refractivity contribution in [1.82, 2.24) is 15.1 Å². The summed E-state index contributed by atoms with van der Waals surface area (Å²) >= 11 is 0. The van der Waals surface area contributed by atoms with Gasteiger partial charge in [0.15, 0.2) is 0 Å². The molecule has 118 valence electrons. The summed E-state index contributed by atoms with van der Waals surface area (Å²) in [6.45, 7) is 4.58. The molecule has 1 aromatic heterocycles. The number of hydrogen-bond acceptors (Lipinski definition) is 3. The van der Waals surface area contributed by atoms with Crippen LogP contribution in [0, 0.1) is 5.92 Å². The topological polar surface area (TPSA) is 84.2 Å². The standard InChI is InChI=1S/C15H25N3O3/c1-4-11(6-7-14(19)20)8-9-16-15(21)12-10-18(3)17-13(12)5-2/h10-11H,4-9H2,1-3H3,(H,16,21)(H,19,20). The van der Waals surface area contributed by atoms with Crippen LogP contribution in [0.25, 0.3) is 0 Å². The van der Waals surface area contributed by atoms with Crippen LogP contribution in [0.15, 0.2) is 6.20 Å². The highest BCUT2D eigenvalue weighted by Crippen LogP contribution is 2.15. The van der Waals surface area contributed by atoms with Crippen LogP contribution in [-0.4, -0.2) is 33.3 Å². The van der Waals surface area contributed by atoms with Crippen molar-refractivity contribution in [3.8, 4) is 0 Å². The second-order valence-corrected chi connectivity index (χ2v) is 5.27. The molecule has 0 saturated heterocycles. The van der Waals surface area contributed by atoms with Gasteiger partial charge in [-0.3, -0.25) is 14.3 Å². The zero-order valence-corrected chi connectivity index (χ0v) is 13.1. The first kappa shape index (κ1) is 17.2.